The molecule has 0 amide bonds. The summed E-state index contributed by atoms with van der Waals surface area (Å²) in [7, 11) is 1.59. The van der Waals surface area contributed by atoms with Crippen molar-refractivity contribution >= 4 is 5.82 Å². The predicted molar refractivity (Wildman–Crippen MR) is 88.8 cm³/mol. The van der Waals surface area contributed by atoms with Gasteiger partial charge >= 0.3 is 0 Å². The molecule has 6 heteroatoms. The van der Waals surface area contributed by atoms with Crippen LogP contribution >= 0.6 is 0 Å². The molecular weight excluding hydrogens is 290 g/mol. The van der Waals surface area contributed by atoms with Crippen molar-refractivity contribution < 1.29 is 4.74 Å². The first kappa shape index (κ1) is 14.9. The molecule has 3 heterocycles. The molecule has 0 aromatic carbocycles. The van der Waals surface area contributed by atoms with Gasteiger partial charge in [0.1, 0.15) is 12.1 Å². The molecule has 0 radical (unpaired) electrons. The van der Waals surface area contributed by atoms with Crippen molar-refractivity contribution in [1.29, 1.82) is 0 Å². The molecule has 0 spiro atoms. The van der Waals surface area contributed by atoms with Gasteiger partial charge in [-0.05, 0) is 24.6 Å². The number of nitrogen functional groups attached to an aromatic ring is 1. The largest absolute Gasteiger partial charge is 0.481 e. The highest BCUT2D eigenvalue weighted by Crippen LogP contribution is 2.33. The Balaban J connectivity index is 2.22. The van der Waals surface area contributed by atoms with Gasteiger partial charge in [0.25, 0.3) is 0 Å². The number of rotatable bonds is 4. The molecule has 3 aromatic rings. The number of methoxy groups -OCH3 is 1. The fraction of sp³-hybridized carbons (Fsp3) is 0.176. The van der Waals surface area contributed by atoms with Crippen molar-refractivity contribution in [3.63, 3.8) is 0 Å². The van der Waals surface area contributed by atoms with E-state index in [0.717, 1.165) is 34.5 Å². The molecule has 3 aromatic heterocycles. The van der Waals surface area contributed by atoms with Gasteiger partial charge in [-0.3, -0.25) is 0 Å². The summed E-state index contributed by atoms with van der Waals surface area (Å²) in [6, 6.07) is 7.47. The van der Waals surface area contributed by atoms with Crippen molar-refractivity contribution in [2.24, 2.45) is 0 Å². The molecule has 0 saturated heterocycles. The Hall–Kier alpha value is -3.02. The van der Waals surface area contributed by atoms with E-state index in [1.54, 1.807) is 31.9 Å². The van der Waals surface area contributed by atoms with Crippen molar-refractivity contribution in [2.75, 3.05) is 12.8 Å². The summed E-state index contributed by atoms with van der Waals surface area (Å²) in [4.78, 5) is 17.2. The van der Waals surface area contributed by atoms with Gasteiger partial charge in [-0.25, -0.2) is 19.9 Å². The monoisotopic (exact) mass is 307 g/mol. The minimum absolute atomic E-state index is 0.482. The summed E-state index contributed by atoms with van der Waals surface area (Å²) >= 11 is 0. The molecule has 3 rings (SSSR count). The smallest absolute Gasteiger partial charge is 0.213 e. The Labute approximate surface area is 134 Å². The molecule has 116 valence electrons. The van der Waals surface area contributed by atoms with E-state index in [0.29, 0.717) is 11.7 Å². The fourth-order valence-corrected chi connectivity index (χ4v) is 2.43. The van der Waals surface area contributed by atoms with E-state index >= 15 is 0 Å². The first-order valence-corrected chi connectivity index (χ1v) is 7.29. The van der Waals surface area contributed by atoms with Crippen molar-refractivity contribution in [2.45, 2.75) is 13.3 Å². The van der Waals surface area contributed by atoms with Crippen LogP contribution in [0.3, 0.4) is 0 Å². The number of ether oxygens (including phenoxy) is 1. The van der Waals surface area contributed by atoms with Crippen LogP contribution in [0.15, 0.2) is 43.0 Å². The second-order valence-electron chi connectivity index (χ2n) is 4.96. The van der Waals surface area contributed by atoms with Gasteiger partial charge in [-0.1, -0.05) is 6.92 Å². The molecule has 0 aliphatic heterocycles. The lowest BCUT2D eigenvalue weighted by Crippen LogP contribution is -2.00. The number of hydrogen-bond acceptors (Lipinski definition) is 6. The third kappa shape index (κ3) is 2.96. The van der Waals surface area contributed by atoms with E-state index in [2.05, 4.69) is 26.9 Å². The minimum Gasteiger partial charge on any atom is -0.481 e. The maximum atomic E-state index is 5.70. The molecule has 2 N–H and O–H groups in total. The van der Waals surface area contributed by atoms with E-state index in [4.69, 9.17) is 10.5 Å². The van der Waals surface area contributed by atoms with Gasteiger partial charge < -0.3 is 10.5 Å². The van der Waals surface area contributed by atoms with Crippen LogP contribution in [0.1, 0.15) is 12.6 Å². The second-order valence-corrected chi connectivity index (χ2v) is 4.96. The van der Waals surface area contributed by atoms with Crippen molar-refractivity contribution in [1.82, 2.24) is 19.9 Å². The van der Waals surface area contributed by atoms with Crippen LogP contribution in [0.5, 0.6) is 5.88 Å². The summed E-state index contributed by atoms with van der Waals surface area (Å²) in [6.45, 7) is 2.06. The third-order valence-corrected chi connectivity index (χ3v) is 3.55. The van der Waals surface area contributed by atoms with Crippen LogP contribution < -0.4 is 10.5 Å². The number of hydrogen-bond donors (Lipinski definition) is 1. The van der Waals surface area contributed by atoms with Gasteiger partial charge in [-0.15, -0.1) is 0 Å². The quantitative estimate of drug-likeness (QED) is 0.797. The topological polar surface area (TPSA) is 86.8 Å². The van der Waals surface area contributed by atoms with E-state index in [1.165, 1.54) is 0 Å². The maximum absolute atomic E-state index is 5.70. The van der Waals surface area contributed by atoms with Crippen LogP contribution in [0.25, 0.3) is 22.4 Å². The summed E-state index contributed by atoms with van der Waals surface area (Å²) in [5.41, 5.74) is 10.3. The van der Waals surface area contributed by atoms with Crippen LogP contribution in [0.4, 0.5) is 5.82 Å². The molecule has 0 saturated carbocycles. The number of nitrogens with two attached hydrogens (primary N) is 1. The van der Waals surface area contributed by atoms with E-state index in [-0.39, 0.29) is 0 Å². The van der Waals surface area contributed by atoms with Crippen LogP contribution in [0, 0.1) is 0 Å². The highest BCUT2D eigenvalue weighted by atomic mass is 16.5. The van der Waals surface area contributed by atoms with Gasteiger partial charge in [0.2, 0.25) is 5.88 Å². The molecule has 23 heavy (non-hydrogen) atoms. The Morgan fingerprint density at radius 1 is 1.04 bits per heavy atom. The molecular formula is C17H17N5O. The van der Waals surface area contributed by atoms with Gasteiger partial charge in [0.15, 0.2) is 0 Å². The zero-order valence-corrected chi connectivity index (χ0v) is 13.0. The Bertz CT molecular complexity index is 817. The summed E-state index contributed by atoms with van der Waals surface area (Å²) in [6.07, 6.45) is 5.81. The predicted octanol–water partition coefficient (Wildman–Crippen LogP) is 2.75. The highest BCUT2D eigenvalue weighted by Gasteiger charge is 2.15. The first-order chi connectivity index (χ1) is 11.2. The van der Waals surface area contributed by atoms with E-state index < -0.39 is 0 Å². The van der Waals surface area contributed by atoms with Gasteiger partial charge in [0.05, 0.1) is 18.5 Å². The standard InChI is InChI=1S/C17H17N5O/c1-3-13-16(12-4-5-14(18)20-9-12)17(22-10-21-13)11-6-7-19-15(8-11)23-2/h4-10H,3H2,1-2H3,(H2,18,20). The molecule has 0 atom stereocenters. The molecule has 0 bridgehead atoms. The Kier molecular flexibility index (Phi) is 4.14. The normalized spacial score (nSPS) is 10.5. The number of aromatic nitrogens is 4. The number of pyridine rings is 2. The Morgan fingerprint density at radius 2 is 1.91 bits per heavy atom. The molecule has 0 fully saturated rings. The zero-order chi connectivity index (χ0) is 16.2. The van der Waals surface area contributed by atoms with Crippen molar-refractivity contribution in [3.8, 4) is 28.3 Å². The summed E-state index contributed by atoms with van der Waals surface area (Å²) in [5.74, 6) is 1.02. The lowest BCUT2D eigenvalue weighted by molar-refractivity contribution is 0.398. The second kappa shape index (κ2) is 6.39. The average molecular weight is 307 g/mol. The SMILES string of the molecule is CCc1ncnc(-c2ccnc(OC)c2)c1-c1ccc(N)nc1. The lowest BCUT2D eigenvalue weighted by Gasteiger charge is -2.13. The lowest BCUT2D eigenvalue weighted by atomic mass is 9.98. The Morgan fingerprint density at radius 3 is 2.61 bits per heavy atom. The fourth-order valence-electron chi connectivity index (χ4n) is 2.43. The molecule has 6 nitrogen and oxygen atoms in total. The highest BCUT2D eigenvalue weighted by molar-refractivity contribution is 5.82. The first-order valence-electron chi connectivity index (χ1n) is 7.29. The molecule has 0 unspecified atom stereocenters. The zero-order valence-electron chi connectivity index (χ0n) is 13.0. The summed E-state index contributed by atoms with van der Waals surface area (Å²) in [5, 5.41) is 0. The van der Waals surface area contributed by atoms with Crippen LogP contribution in [0.2, 0.25) is 0 Å². The number of aryl methyl sites for hydroxylation is 1. The molecule has 0 aliphatic rings. The molecule has 0 aliphatic carbocycles. The van der Waals surface area contributed by atoms with Crippen LogP contribution in [-0.4, -0.2) is 27.0 Å². The van der Waals surface area contributed by atoms with Gasteiger partial charge in [-0.2, -0.15) is 0 Å². The minimum atomic E-state index is 0.482. The van der Waals surface area contributed by atoms with Crippen molar-refractivity contribution in [3.05, 3.63) is 48.7 Å². The number of anilines is 1. The van der Waals surface area contributed by atoms with Gasteiger partial charge in [0, 0.05) is 35.2 Å². The maximum Gasteiger partial charge on any atom is 0.213 e. The number of nitrogens with zero attached hydrogens (tertiary/aromatic N) is 4. The van der Waals surface area contributed by atoms with E-state index in [1.807, 2.05) is 18.2 Å². The van der Waals surface area contributed by atoms with E-state index in [9.17, 15) is 0 Å². The van der Waals surface area contributed by atoms with Crippen LogP contribution in [-0.2, 0) is 6.42 Å². The third-order valence-electron chi connectivity index (χ3n) is 3.55. The summed E-state index contributed by atoms with van der Waals surface area (Å²) < 4.78 is 5.21. The average Bonchev–Trinajstić information content (AvgIpc) is 2.62.